The molecule has 0 aromatic heterocycles. The highest BCUT2D eigenvalue weighted by Gasteiger charge is 2.18. The molecule has 0 saturated heterocycles. The van der Waals surface area contributed by atoms with Gasteiger partial charge in [0.1, 0.15) is 5.60 Å². The first-order valence-corrected chi connectivity index (χ1v) is 8.19. The first-order chi connectivity index (χ1) is 11.7. The molecule has 0 radical (unpaired) electrons. The molecule has 25 heavy (non-hydrogen) atoms. The molecule has 132 valence electrons. The first kappa shape index (κ1) is 18.8. The molecule has 0 fully saturated rings. The molecular formula is C19H21ClN2O3. The molecule has 0 aliphatic heterocycles. The molecule has 1 amide bonds. The quantitative estimate of drug-likeness (QED) is 0.633. The monoisotopic (exact) mass is 360 g/mol. The SMILES string of the molecule is CC(C)(C)OC(=O)NCc1cc(Cl)cc(C(=O)c2ccccc2)c1N. The second-order valence-electron chi connectivity index (χ2n) is 6.58. The highest BCUT2D eigenvalue weighted by atomic mass is 35.5. The maximum Gasteiger partial charge on any atom is 0.407 e. The van der Waals surface area contributed by atoms with Gasteiger partial charge < -0.3 is 15.8 Å². The van der Waals surface area contributed by atoms with E-state index in [1.54, 1.807) is 51.1 Å². The van der Waals surface area contributed by atoms with Crippen molar-refractivity contribution in [1.82, 2.24) is 5.32 Å². The smallest absolute Gasteiger partial charge is 0.407 e. The number of rotatable bonds is 4. The second kappa shape index (κ2) is 7.57. The number of halogens is 1. The fraction of sp³-hybridized carbons (Fsp3) is 0.263. The molecule has 3 N–H and O–H groups in total. The Hall–Kier alpha value is -2.53. The van der Waals surface area contributed by atoms with Crippen molar-refractivity contribution in [2.24, 2.45) is 0 Å². The van der Waals surface area contributed by atoms with Gasteiger partial charge in [0.05, 0.1) is 0 Å². The summed E-state index contributed by atoms with van der Waals surface area (Å²) in [6, 6.07) is 12.0. The van der Waals surface area contributed by atoms with Gasteiger partial charge in [-0.05, 0) is 38.5 Å². The summed E-state index contributed by atoms with van der Waals surface area (Å²) in [6.45, 7) is 5.43. The first-order valence-electron chi connectivity index (χ1n) is 7.82. The van der Waals surface area contributed by atoms with Crippen LogP contribution in [0, 0.1) is 0 Å². The molecule has 2 aromatic carbocycles. The van der Waals surface area contributed by atoms with E-state index in [1.807, 2.05) is 6.07 Å². The van der Waals surface area contributed by atoms with Gasteiger partial charge in [0, 0.05) is 28.4 Å². The zero-order valence-corrected chi connectivity index (χ0v) is 15.2. The van der Waals surface area contributed by atoms with Gasteiger partial charge in [-0.1, -0.05) is 41.9 Å². The van der Waals surface area contributed by atoms with Gasteiger partial charge in [0.25, 0.3) is 0 Å². The number of benzene rings is 2. The third-order valence-corrected chi connectivity index (χ3v) is 3.55. The fourth-order valence-corrected chi connectivity index (χ4v) is 2.48. The lowest BCUT2D eigenvalue weighted by Crippen LogP contribution is -2.32. The van der Waals surface area contributed by atoms with Gasteiger partial charge in [-0.15, -0.1) is 0 Å². The Bertz CT molecular complexity index is 783. The number of hydrogen-bond donors (Lipinski definition) is 2. The largest absolute Gasteiger partial charge is 0.444 e. The number of ketones is 1. The minimum Gasteiger partial charge on any atom is -0.444 e. The Morgan fingerprint density at radius 3 is 2.40 bits per heavy atom. The number of ether oxygens (including phenoxy) is 1. The number of nitrogens with one attached hydrogen (secondary N) is 1. The van der Waals surface area contributed by atoms with Crippen LogP contribution in [0.1, 0.15) is 42.3 Å². The van der Waals surface area contributed by atoms with Crippen LogP contribution < -0.4 is 11.1 Å². The molecule has 0 aliphatic rings. The summed E-state index contributed by atoms with van der Waals surface area (Å²) in [5, 5.41) is 2.99. The van der Waals surface area contributed by atoms with E-state index in [4.69, 9.17) is 22.1 Å². The lowest BCUT2D eigenvalue weighted by Gasteiger charge is -2.20. The van der Waals surface area contributed by atoms with Crippen LogP contribution in [0.2, 0.25) is 5.02 Å². The normalized spacial score (nSPS) is 11.0. The van der Waals surface area contributed by atoms with E-state index in [0.29, 0.717) is 21.7 Å². The van der Waals surface area contributed by atoms with Crippen LogP contribution in [0.3, 0.4) is 0 Å². The van der Waals surface area contributed by atoms with Gasteiger partial charge in [-0.25, -0.2) is 4.79 Å². The van der Waals surface area contributed by atoms with Gasteiger partial charge in [0.2, 0.25) is 0 Å². The summed E-state index contributed by atoms with van der Waals surface area (Å²) >= 11 is 6.12. The Labute approximate surface area is 152 Å². The van der Waals surface area contributed by atoms with Gasteiger partial charge >= 0.3 is 6.09 Å². The maximum atomic E-state index is 12.6. The average molecular weight is 361 g/mol. The third-order valence-electron chi connectivity index (χ3n) is 3.33. The van der Waals surface area contributed by atoms with Crippen LogP contribution in [-0.2, 0) is 11.3 Å². The van der Waals surface area contributed by atoms with E-state index in [9.17, 15) is 9.59 Å². The number of nitrogen functional groups attached to an aromatic ring is 1. The van der Waals surface area contributed by atoms with Crippen molar-refractivity contribution in [1.29, 1.82) is 0 Å². The van der Waals surface area contributed by atoms with Crippen LogP contribution in [-0.4, -0.2) is 17.5 Å². The molecule has 0 saturated carbocycles. The minimum atomic E-state index is -0.599. The number of hydrogen-bond acceptors (Lipinski definition) is 4. The summed E-state index contributed by atoms with van der Waals surface area (Å²) in [6.07, 6.45) is -0.567. The zero-order chi connectivity index (χ0) is 18.6. The van der Waals surface area contributed by atoms with Crippen molar-refractivity contribution >= 4 is 29.2 Å². The third kappa shape index (κ3) is 5.22. The Morgan fingerprint density at radius 2 is 1.80 bits per heavy atom. The topological polar surface area (TPSA) is 81.4 Å². The van der Waals surface area contributed by atoms with Crippen LogP contribution in [0.4, 0.5) is 10.5 Å². The maximum absolute atomic E-state index is 12.6. The molecule has 0 aliphatic carbocycles. The Morgan fingerprint density at radius 1 is 1.16 bits per heavy atom. The van der Waals surface area contributed by atoms with Crippen LogP contribution in [0.25, 0.3) is 0 Å². The van der Waals surface area contributed by atoms with E-state index in [1.165, 1.54) is 6.07 Å². The fourth-order valence-electron chi connectivity index (χ4n) is 2.24. The van der Waals surface area contributed by atoms with Gasteiger partial charge in [0.15, 0.2) is 5.78 Å². The number of carbonyl (C=O) groups excluding carboxylic acids is 2. The Balaban J connectivity index is 2.22. The molecule has 0 atom stereocenters. The summed E-state index contributed by atoms with van der Waals surface area (Å²) in [5.74, 6) is -0.223. The summed E-state index contributed by atoms with van der Waals surface area (Å²) in [7, 11) is 0. The highest BCUT2D eigenvalue weighted by Crippen LogP contribution is 2.26. The van der Waals surface area contributed by atoms with E-state index >= 15 is 0 Å². The summed E-state index contributed by atoms with van der Waals surface area (Å²) < 4.78 is 5.19. The van der Waals surface area contributed by atoms with Crippen molar-refractivity contribution in [2.45, 2.75) is 32.9 Å². The number of anilines is 1. The summed E-state index contributed by atoms with van der Waals surface area (Å²) in [4.78, 5) is 24.4. The number of alkyl carbamates (subject to hydrolysis) is 1. The van der Waals surface area contributed by atoms with E-state index in [0.717, 1.165) is 0 Å². The van der Waals surface area contributed by atoms with Crippen LogP contribution in [0.15, 0.2) is 42.5 Å². The van der Waals surface area contributed by atoms with Crippen molar-refractivity contribution in [2.75, 3.05) is 5.73 Å². The van der Waals surface area contributed by atoms with Crippen LogP contribution >= 0.6 is 11.6 Å². The predicted molar refractivity (Wildman–Crippen MR) is 98.8 cm³/mol. The molecule has 6 heteroatoms. The standard InChI is InChI=1S/C19H21ClN2O3/c1-19(2,3)25-18(24)22-11-13-9-14(20)10-15(16(13)21)17(23)12-7-5-4-6-8-12/h4-10H,11,21H2,1-3H3,(H,22,24). The van der Waals surface area contributed by atoms with E-state index < -0.39 is 11.7 Å². The molecule has 2 rings (SSSR count). The molecule has 0 heterocycles. The molecule has 0 bridgehead atoms. The molecule has 2 aromatic rings. The summed E-state index contributed by atoms with van der Waals surface area (Å²) in [5.41, 5.74) is 7.19. The van der Waals surface area contributed by atoms with Crippen molar-refractivity contribution in [3.8, 4) is 0 Å². The highest BCUT2D eigenvalue weighted by molar-refractivity contribution is 6.31. The zero-order valence-electron chi connectivity index (χ0n) is 14.4. The lowest BCUT2D eigenvalue weighted by molar-refractivity contribution is 0.0523. The number of nitrogens with two attached hydrogens (primary N) is 1. The Kier molecular flexibility index (Phi) is 5.69. The van der Waals surface area contributed by atoms with Gasteiger partial charge in [-0.2, -0.15) is 0 Å². The lowest BCUT2D eigenvalue weighted by atomic mass is 9.99. The second-order valence-corrected chi connectivity index (χ2v) is 7.01. The van der Waals surface area contributed by atoms with Gasteiger partial charge in [-0.3, -0.25) is 4.79 Å². The van der Waals surface area contributed by atoms with E-state index in [2.05, 4.69) is 5.32 Å². The van der Waals surface area contributed by atoms with E-state index in [-0.39, 0.29) is 18.0 Å². The molecule has 0 spiro atoms. The van der Waals surface area contributed by atoms with Crippen molar-refractivity contribution < 1.29 is 14.3 Å². The van der Waals surface area contributed by atoms with Crippen molar-refractivity contribution in [3.63, 3.8) is 0 Å². The molecular weight excluding hydrogens is 340 g/mol. The number of carbonyl (C=O) groups is 2. The molecule has 0 unspecified atom stereocenters. The minimum absolute atomic E-state index is 0.108. The number of amides is 1. The molecule has 5 nitrogen and oxygen atoms in total. The van der Waals surface area contributed by atoms with Crippen molar-refractivity contribution in [3.05, 3.63) is 64.2 Å². The predicted octanol–water partition coefficient (Wildman–Crippen LogP) is 4.18. The van der Waals surface area contributed by atoms with Crippen LogP contribution in [0.5, 0.6) is 0 Å². The average Bonchev–Trinajstić information content (AvgIpc) is 2.54.